The predicted octanol–water partition coefficient (Wildman–Crippen LogP) is 2.77. The topological polar surface area (TPSA) is 78.6 Å². The third-order valence-corrected chi connectivity index (χ3v) is 2.31. The van der Waals surface area contributed by atoms with Crippen LogP contribution in [0.2, 0.25) is 0 Å². The van der Waals surface area contributed by atoms with Gasteiger partial charge in [0.15, 0.2) is 0 Å². The molecule has 0 bridgehead atoms. The Morgan fingerprint density at radius 3 is 2.10 bits per heavy atom. The third kappa shape index (κ3) is 6.12. The molecule has 0 atom stereocenters. The van der Waals surface area contributed by atoms with E-state index in [2.05, 4.69) is 0 Å². The Bertz CT molecular complexity index is 504. The molecule has 0 saturated heterocycles. The fourth-order valence-corrected chi connectivity index (χ4v) is 1.41. The van der Waals surface area contributed by atoms with E-state index in [0.717, 1.165) is 5.56 Å². The van der Waals surface area contributed by atoms with Crippen LogP contribution in [0, 0.1) is 6.92 Å². The molecule has 5 nitrogen and oxygen atoms in total. The molecule has 0 unspecified atom stereocenters. The van der Waals surface area contributed by atoms with Gasteiger partial charge < -0.3 is 15.2 Å². The molecule has 0 heterocycles. The highest BCUT2D eigenvalue weighted by Crippen LogP contribution is 2.17. The Labute approximate surface area is 125 Å². The second kappa shape index (κ2) is 9.58. The maximum absolute atomic E-state index is 11.7. The van der Waals surface area contributed by atoms with Crippen LogP contribution in [-0.2, 0) is 19.1 Å². The zero-order valence-electron chi connectivity index (χ0n) is 13.2. The first-order chi connectivity index (χ1) is 9.95. The van der Waals surface area contributed by atoms with Crippen molar-refractivity contribution in [2.75, 3.05) is 6.61 Å². The van der Waals surface area contributed by atoms with Gasteiger partial charge in [0.2, 0.25) is 5.76 Å². The minimum Gasteiger partial charge on any atom is -0.460 e. The summed E-state index contributed by atoms with van der Waals surface area (Å²) in [5, 5.41) is 0. The van der Waals surface area contributed by atoms with Crippen molar-refractivity contribution >= 4 is 17.6 Å². The number of hydrogen-bond acceptors (Lipinski definition) is 5. The number of carbonyl (C=O) groups is 2. The molecule has 0 aliphatic carbocycles. The number of carbonyl (C=O) groups excluding carboxylic acids is 2. The number of benzene rings is 1. The zero-order valence-corrected chi connectivity index (χ0v) is 13.2. The molecule has 0 radical (unpaired) electrons. The summed E-state index contributed by atoms with van der Waals surface area (Å²) in [6.07, 6.45) is 0. The highest BCUT2D eigenvalue weighted by molar-refractivity contribution is 5.97. The molecule has 1 aromatic carbocycles. The van der Waals surface area contributed by atoms with Crippen molar-refractivity contribution in [2.45, 2.75) is 34.6 Å². The molecule has 1 aromatic rings. The van der Waals surface area contributed by atoms with Crippen LogP contribution in [-0.4, -0.2) is 18.5 Å². The van der Waals surface area contributed by atoms with Gasteiger partial charge in [-0.25, -0.2) is 4.79 Å². The van der Waals surface area contributed by atoms with Gasteiger partial charge in [-0.05, 0) is 13.8 Å². The van der Waals surface area contributed by atoms with Crippen LogP contribution in [0.4, 0.5) is 0 Å². The summed E-state index contributed by atoms with van der Waals surface area (Å²) in [7, 11) is 0. The predicted molar refractivity (Wildman–Crippen MR) is 82.0 cm³/mol. The Morgan fingerprint density at radius 2 is 1.67 bits per heavy atom. The Morgan fingerprint density at radius 1 is 1.14 bits per heavy atom. The van der Waals surface area contributed by atoms with Crippen LogP contribution in [0.25, 0.3) is 5.70 Å². The number of hydrogen-bond donors (Lipinski definition) is 1. The molecule has 0 aliphatic rings. The van der Waals surface area contributed by atoms with Crippen LogP contribution in [0.15, 0.2) is 30.0 Å². The van der Waals surface area contributed by atoms with E-state index in [4.69, 9.17) is 15.2 Å². The summed E-state index contributed by atoms with van der Waals surface area (Å²) in [6.45, 7) is 8.96. The van der Waals surface area contributed by atoms with Crippen molar-refractivity contribution in [3.8, 4) is 0 Å². The van der Waals surface area contributed by atoms with Crippen molar-refractivity contribution in [1.29, 1.82) is 0 Å². The standard InChI is InChI=1S/C14H17NO4.C2H6/c1-4-18-14(17)13(19-10(3)16)12(15)11-7-5-9(2)6-8-11;1-2/h5-8H,4,15H2,1-3H3;1-2H3/b13-12-;. The minimum absolute atomic E-state index is 0.0775. The van der Waals surface area contributed by atoms with Crippen molar-refractivity contribution < 1.29 is 19.1 Å². The quantitative estimate of drug-likeness (QED) is 0.524. The van der Waals surface area contributed by atoms with Gasteiger partial charge in [-0.2, -0.15) is 0 Å². The Balaban J connectivity index is 0.00000191. The van der Waals surface area contributed by atoms with E-state index in [9.17, 15) is 9.59 Å². The number of esters is 2. The molecule has 21 heavy (non-hydrogen) atoms. The number of nitrogens with two attached hydrogens (primary N) is 1. The zero-order chi connectivity index (χ0) is 16.4. The summed E-state index contributed by atoms with van der Waals surface area (Å²) in [6, 6.07) is 7.18. The Kier molecular flexibility index (Phi) is 8.53. The van der Waals surface area contributed by atoms with Crippen molar-refractivity contribution in [1.82, 2.24) is 0 Å². The van der Waals surface area contributed by atoms with E-state index in [1.807, 2.05) is 32.9 Å². The molecular formula is C16H23NO4. The maximum Gasteiger partial charge on any atom is 0.376 e. The summed E-state index contributed by atoms with van der Waals surface area (Å²) in [5.41, 5.74) is 7.60. The fourth-order valence-electron chi connectivity index (χ4n) is 1.41. The van der Waals surface area contributed by atoms with Gasteiger partial charge in [-0.1, -0.05) is 43.7 Å². The molecule has 116 valence electrons. The van der Waals surface area contributed by atoms with Gasteiger partial charge in [0.05, 0.1) is 12.3 Å². The van der Waals surface area contributed by atoms with Crippen molar-refractivity contribution in [3.05, 3.63) is 41.2 Å². The molecule has 0 aromatic heterocycles. The van der Waals surface area contributed by atoms with Gasteiger partial charge in [0.1, 0.15) is 0 Å². The first-order valence-corrected chi connectivity index (χ1v) is 6.88. The molecule has 0 saturated carbocycles. The van der Waals surface area contributed by atoms with E-state index in [1.54, 1.807) is 19.1 Å². The molecule has 0 fully saturated rings. The number of ether oxygens (including phenoxy) is 2. The van der Waals surface area contributed by atoms with Crippen LogP contribution in [0.3, 0.4) is 0 Å². The van der Waals surface area contributed by atoms with Gasteiger partial charge >= 0.3 is 11.9 Å². The molecule has 5 heteroatoms. The molecule has 0 spiro atoms. The van der Waals surface area contributed by atoms with E-state index in [1.165, 1.54) is 6.92 Å². The summed E-state index contributed by atoms with van der Waals surface area (Å²) in [4.78, 5) is 22.8. The number of rotatable bonds is 4. The lowest BCUT2D eigenvalue weighted by Crippen LogP contribution is -2.18. The van der Waals surface area contributed by atoms with Gasteiger partial charge in [-0.15, -0.1) is 0 Å². The lowest BCUT2D eigenvalue weighted by atomic mass is 10.1. The summed E-state index contributed by atoms with van der Waals surface area (Å²) in [5.74, 6) is -1.66. The van der Waals surface area contributed by atoms with E-state index >= 15 is 0 Å². The summed E-state index contributed by atoms with van der Waals surface area (Å²) < 4.78 is 9.67. The molecule has 2 N–H and O–H groups in total. The van der Waals surface area contributed by atoms with E-state index < -0.39 is 11.9 Å². The molecule has 0 amide bonds. The highest BCUT2D eigenvalue weighted by Gasteiger charge is 2.20. The smallest absolute Gasteiger partial charge is 0.376 e. The first-order valence-electron chi connectivity index (χ1n) is 6.88. The SMILES string of the molecule is CC.CCOC(=O)/C(OC(C)=O)=C(/N)c1ccc(C)cc1. The van der Waals surface area contributed by atoms with Crippen molar-refractivity contribution in [2.24, 2.45) is 5.73 Å². The molecule has 0 aliphatic heterocycles. The highest BCUT2D eigenvalue weighted by atomic mass is 16.6. The molecular weight excluding hydrogens is 270 g/mol. The lowest BCUT2D eigenvalue weighted by molar-refractivity contribution is -0.149. The van der Waals surface area contributed by atoms with Crippen LogP contribution in [0.1, 0.15) is 38.8 Å². The fraction of sp³-hybridized carbons (Fsp3) is 0.375. The average molecular weight is 293 g/mol. The molecule has 1 rings (SSSR count). The maximum atomic E-state index is 11.7. The first kappa shape index (κ1) is 18.7. The second-order valence-electron chi connectivity index (χ2n) is 3.92. The van der Waals surface area contributed by atoms with Gasteiger partial charge in [-0.3, -0.25) is 4.79 Å². The van der Waals surface area contributed by atoms with Crippen LogP contribution >= 0.6 is 0 Å². The second-order valence-corrected chi connectivity index (χ2v) is 3.92. The van der Waals surface area contributed by atoms with E-state index in [-0.39, 0.29) is 18.1 Å². The third-order valence-electron chi connectivity index (χ3n) is 2.31. The van der Waals surface area contributed by atoms with Crippen LogP contribution < -0.4 is 5.73 Å². The average Bonchev–Trinajstić information content (AvgIpc) is 2.47. The Hall–Kier alpha value is -2.30. The van der Waals surface area contributed by atoms with Gasteiger partial charge in [0, 0.05) is 12.5 Å². The number of aryl methyl sites for hydroxylation is 1. The van der Waals surface area contributed by atoms with Crippen molar-refractivity contribution in [3.63, 3.8) is 0 Å². The minimum atomic E-state index is -0.754. The van der Waals surface area contributed by atoms with Gasteiger partial charge in [0.25, 0.3) is 0 Å². The van der Waals surface area contributed by atoms with Crippen LogP contribution in [0.5, 0.6) is 0 Å². The normalized spacial score (nSPS) is 10.7. The summed E-state index contributed by atoms with van der Waals surface area (Å²) >= 11 is 0. The lowest BCUT2D eigenvalue weighted by Gasteiger charge is -2.10. The largest absolute Gasteiger partial charge is 0.460 e. The van der Waals surface area contributed by atoms with E-state index in [0.29, 0.717) is 5.56 Å². The monoisotopic (exact) mass is 293 g/mol.